The van der Waals surface area contributed by atoms with Crippen LogP contribution in [0.25, 0.3) is 0 Å². The van der Waals surface area contributed by atoms with Crippen molar-refractivity contribution in [3.8, 4) is 0 Å². The smallest absolute Gasteiger partial charge is 0.234 e. The van der Waals surface area contributed by atoms with Gasteiger partial charge in [-0.25, -0.2) is 8.42 Å². The predicted molar refractivity (Wildman–Crippen MR) is 78.5 cm³/mol. The number of benzene rings is 1. The van der Waals surface area contributed by atoms with Gasteiger partial charge in [-0.15, -0.1) is 0 Å². The third kappa shape index (κ3) is 2.95. The van der Waals surface area contributed by atoms with Crippen molar-refractivity contribution >= 4 is 34.1 Å². The lowest BCUT2D eigenvalue weighted by atomic mass is 10.3. The molecule has 0 aromatic heterocycles. The second-order valence-electron chi connectivity index (χ2n) is 3.86. The van der Waals surface area contributed by atoms with E-state index >= 15 is 0 Å². The van der Waals surface area contributed by atoms with E-state index in [4.69, 9.17) is 0 Å². The van der Waals surface area contributed by atoms with Gasteiger partial charge in [0.05, 0.1) is 10.6 Å². The highest BCUT2D eigenvalue weighted by Crippen LogP contribution is 2.25. The second kappa shape index (κ2) is 5.99. The van der Waals surface area contributed by atoms with Gasteiger partial charge in [-0.2, -0.15) is 12.6 Å². The summed E-state index contributed by atoms with van der Waals surface area (Å²) in [4.78, 5) is 11.5. The average Bonchev–Trinajstić information content (AvgIpc) is 2.48. The highest BCUT2D eigenvalue weighted by atomic mass is 32.2. The van der Waals surface area contributed by atoms with Crippen LogP contribution in [-0.2, 0) is 14.6 Å². The van der Waals surface area contributed by atoms with E-state index in [0.29, 0.717) is 0 Å². The quantitative estimate of drug-likeness (QED) is 0.849. The van der Waals surface area contributed by atoms with Crippen LogP contribution in [0.2, 0.25) is 0 Å². The van der Waals surface area contributed by atoms with Gasteiger partial charge in [0.1, 0.15) is 10.6 Å². The minimum atomic E-state index is -3.71. The number of rotatable bonds is 4. The van der Waals surface area contributed by atoms with Gasteiger partial charge in [-0.3, -0.25) is 4.79 Å². The highest BCUT2D eigenvalue weighted by Gasteiger charge is 2.21. The molecule has 0 fully saturated rings. The van der Waals surface area contributed by atoms with E-state index in [1.165, 1.54) is 24.3 Å². The summed E-state index contributed by atoms with van der Waals surface area (Å²) in [5, 5.41) is 2.45. The molecule has 0 spiro atoms. The van der Waals surface area contributed by atoms with Crippen molar-refractivity contribution in [3.05, 3.63) is 54.6 Å². The lowest BCUT2D eigenvalue weighted by Crippen LogP contribution is -2.15. The Bertz CT molecular complexity index is 712. The molecule has 4 nitrogen and oxygen atoms in total. The van der Waals surface area contributed by atoms with Gasteiger partial charge in [0.15, 0.2) is 0 Å². The fourth-order valence-electron chi connectivity index (χ4n) is 1.60. The van der Waals surface area contributed by atoms with Crippen LogP contribution in [0.4, 0.5) is 5.69 Å². The predicted octanol–water partition coefficient (Wildman–Crippen LogP) is 1.99. The zero-order valence-electron chi connectivity index (χ0n) is 10.3. The lowest BCUT2D eigenvalue weighted by Gasteiger charge is -2.08. The van der Waals surface area contributed by atoms with Crippen molar-refractivity contribution in [2.75, 3.05) is 11.1 Å². The Balaban J connectivity index is 2.50. The van der Waals surface area contributed by atoms with Crippen molar-refractivity contribution in [2.45, 2.75) is 9.79 Å². The molecule has 0 saturated carbocycles. The molecule has 20 heavy (non-hydrogen) atoms. The fourth-order valence-corrected chi connectivity index (χ4v) is 3.06. The Hall–Kier alpha value is -1.97. The number of carbonyl (C=O) groups excluding carboxylic acids is 1. The zero-order chi connectivity index (χ0) is 14.6. The van der Waals surface area contributed by atoms with Gasteiger partial charge in [0.2, 0.25) is 15.7 Å². The molecule has 2 aromatic rings. The molecule has 102 valence electrons. The molecule has 2 rings (SSSR count). The lowest BCUT2D eigenvalue weighted by molar-refractivity contribution is -0.113. The van der Waals surface area contributed by atoms with Gasteiger partial charge in [0, 0.05) is 0 Å². The van der Waals surface area contributed by atoms with Gasteiger partial charge >= 0.3 is 0 Å². The summed E-state index contributed by atoms with van der Waals surface area (Å²) in [5.74, 6) is -0.457. The molecule has 6 heteroatoms. The van der Waals surface area contributed by atoms with Crippen LogP contribution in [0.3, 0.4) is 0 Å². The third-order valence-electron chi connectivity index (χ3n) is 2.51. The fraction of sp³-hybridized carbons (Fsp3) is 0.0714. The molecular formula is C14H11NO3S2. The van der Waals surface area contributed by atoms with E-state index in [2.05, 4.69) is 30.1 Å². The van der Waals surface area contributed by atoms with Crippen molar-refractivity contribution in [3.63, 3.8) is 0 Å². The first-order valence-corrected chi connectivity index (χ1v) is 7.80. The van der Waals surface area contributed by atoms with Crippen LogP contribution >= 0.6 is 12.6 Å². The summed E-state index contributed by atoms with van der Waals surface area (Å²) in [7, 11) is -3.71. The summed E-state index contributed by atoms with van der Waals surface area (Å²) in [6, 6.07) is 16.0. The SMILES string of the molecule is O=C(CS)Nc1c#cccc1S(=O)(=O)c1ccccc1. The number of anilines is 1. The summed E-state index contributed by atoms with van der Waals surface area (Å²) >= 11 is 3.84. The number of hydrogen-bond donors (Lipinski definition) is 2. The normalized spacial score (nSPS) is 10.7. The first-order chi connectivity index (χ1) is 9.55. The molecule has 0 unspecified atom stereocenters. The Kier molecular flexibility index (Phi) is 4.32. The largest absolute Gasteiger partial charge is 0.317 e. The number of hydrogen-bond acceptors (Lipinski definition) is 4. The topological polar surface area (TPSA) is 63.2 Å². The van der Waals surface area contributed by atoms with E-state index < -0.39 is 15.7 Å². The highest BCUT2D eigenvalue weighted by molar-refractivity contribution is 7.91. The maximum absolute atomic E-state index is 12.5. The molecular weight excluding hydrogens is 294 g/mol. The van der Waals surface area contributed by atoms with Crippen LogP contribution in [0.1, 0.15) is 0 Å². The van der Waals surface area contributed by atoms with Crippen LogP contribution in [-0.4, -0.2) is 20.1 Å². The van der Waals surface area contributed by atoms with Crippen LogP contribution in [0.5, 0.6) is 0 Å². The Morgan fingerprint density at radius 3 is 2.55 bits per heavy atom. The van der Waals surface area contributed by atoms with Crippen LogP contribution in [0.15, 0.2) is 52.3 Å². The molecule has 0 aliphatic rings. The number of nitrogens with one attached hydrogen (secondary N) is 1. The Morgan fingerprint density at radius 1 is 1.20 bits per heavy atom. The molecule has 1 N–H and O–H groups in total. The molecule has 0 saturated heterocycles. The minimum absolute atomic E-state index is 0.0161. The first kappa shape index (κ1) is 14.4. The van der Waals surface area contributed by atoms with Crippen LogP contribution < -0.4 is 5.32 Å². The van der Waals surface area contributed by atoms with Gasteiger partial charge in [-0.05, 0) is 30.3 Å². The zero-order valence-corrected chi connectivity index (χ0v) is 12.0. The molecule has 0 bridgehead atoms. The third-order valence-corrected chi connectivity index (χ3v) is 4.61. The second-order valence-corrected chi connectivity index (χ2v) is 6.10. The van der Waals surface area contributed by atoms with Gasteiger partial charge in [-0.1, -0.05) is 24.3 Å². The van der Waals surface area contributed by atoms with E-state index in [1.807, 2.05) is 0 Å². The van der Waals surface area contributed by atoms with Gasteiger partial charge < -0.3 is 5.32 Å². The number of carbonyl (C=O) groups is 1. The molecule has 1 amide bonds. The number of thiol groups is 1. The van der Waals surface area contributed by atoms with Crippen molar-refractivity contribution in [2.24, 2.45) is 0 Å². The summed E-state index contributed by atoms with van der Waals surface area (Å²) < 4.78 is 25.0. The molecule has 0 heterocycles. The van der Waals surface area contributed by atoms with Gasteiger partial charge in [0.25, 0.3) is 0 Å². The van der Waals surface area contributed by atoms with E-state index in [0.717, 1.165) is 0 Å². The summed E-state index contributed by atoms with van der Waals surface area (Å²) in [5.41, 5.74) is 0.0791. The molecule has 0 atom stereocenters. The molecule has 0 radical (unpaired) electrons. The van der Waals surface area contributed by atoms with E-state index in [-0.39, 0.29) is 21.2 Å². The molecule has 2 aromatic carbocycles. The maximum atomic E-state index is 12.5. The van der Waals surface area contributed by atoms with E-state index in [9.17, 15) is 13.2 Å². The standard InChI is InChI=1S/C14H11NO3S2/c16-14(10-19)15-12-8-4-5-9-13(12)20(17,18)11-6-2-1-3-7-11/h1-3,5-7,9,19H,10H2,(H,15,16). The van der Waals surface area contributed by atoms with E-state index in [1.54, 1.807) is 18.2 Å². The summed E-state index contributed by atoms with van der Waals surface area (Å²) in [6.45, 7) is 0. The number of sulfone groups is 1. The monoisotopic (exact) mass is 305 g/mol. The van der Waals surface area contributed by atoms with Crippen molar-refractivity contribution in [1.29, 1.82) is 0 Å². The number of amides is 1. The molecule has 0 aliphatic heterocycles. The van der Waals surface area contributed by atoms with Crippen LogP contribution in [0, 0.1) is 12.1 Å². The summed E-state index contributed by atoms with van der Waals surface area (Å²) in [6.07, 6.45) is 0. The minimum Gasteiger partial charge on any atom is -0.317 e. The first-order valence-electron chi connectivity index (χ1n) is 5.69. The average molecular weight is 305 g/mol. The van der Waals surface area contributed by atoms with Crippen molar-refractivity contribution in [1.82, 2.24) is 0 Å². The van der Waals surface area contributed by atoms with Crippen molar-refractivity contribution < 1.29 is 13.2 Å². The molecule has 0 aliphatic carbocycles. The Labute approximate surface area is 123 Å². The maximum Gasteiger partial charge on any atom is 0.234 e. The Morgan fingerprint density at radius 2 is 1.90 bits per heavy atom.